The van der Waals surface area contributed by atoms with Crippen molar-refractivity contribution in [3.63, 3.8) is 0 Å². The van der Waals surface area contributed by atoms with Crippen LogP contribution in [0, 0.1) is 29.6 Å². The van der Waals surface area contributed by atoms with E-state index in [9.17, 15) is 0 Å². The fraction of sp³-hybridized carbons (Fsp3) is 0.789. The first-order valence-corrected chi connectivity index (χ1v) is 9.68. The summed E-state index contributed by atoms with van der Waals surface area (Å²) in [7, 11) is 0. The Morgan fingerprint density at radius 2 is 2.00 bits per heavy atom. The molecule has 4 aliphatic rings. The highest BCUT2D eigenvalue weighted by Gasteiger charge is 2.58. The van der Waals surface area contributed by atoms with Gasteiger partial charge in [0.1, 0.15) is 0 Å². The summed E-state index contributed by atoms with van der Waals surface area (Å²) in [6.07, 6.45) is 8.95. The Labute approximate surface area is 133 Å². The quantitative estimate of drug-likeness (QED) is 0.794. The van der Waals surface area contributed by atoms with Gasteiger partial charge in [-0.05, 0) is 91.7 Å². The first-order chi connectivity index (χ1) is 10.0. The van der Waals surface area contributed by atoms with Gasteiger partial charge in [-0.1, -0.05) is 13.8 Å². The fourth-order valence-electron chi connectivity index (χ4n) is 6.64. The Bertz CT molecular complexity index is 517. The van der Waals surface area contributed by atoms with E-state index in [4.69, 9.17) is 0 Å². The average molecular weight is 304 g/mol. The van der Waals surface area contributed by atoms with Gasteiger partial charge in [-0.3, -0.25) is 0 Å². The highest BCUT2D eigenvalue weighted by molar-refractivity contribution is 7.10. The van der Waals surface area contributed by atoms with Crippen LogP contribution in [-0.4, -0.2) is 6.54 Å². The second-order valence-corrected chi connectivity index (χ2v) is 9.73. The fourth-order valence-corrected chi connectivity index (χ4v) is 7.37. The summed E-state index contributed by atoms with van der Waals surface area (Å²) < 4.78 is 0. The third kappa shape index (κ3) is 2.30. The lowest BCUT2D eigenvalue weighted by Crippen LogP contribution is -2.55. The molecule has 4 saturated carbocycles. The maximum atomic E-state index is 3.89. The third-order valence-electron chi connectivity index (χ3n) is 6.50. The van der Waals surface area contributed by atoms with Crippen LogP contribution in [0.1, 0.15) is 68.9 Å². The molecule has 3 atom stereocenters. The molecule has 5 rings (SSSR count). The van der Waals surface area contributed by atoms with Crippen LogP contribution in [-0.2, 0) is 0 Å². The predicted octanol–water partition coefficient (Wildman–Crippen LogP) is 5.31. The molecule has 1 nitrogen and oxygen atoms in total. The van der Waals surface area contributed by atoms with E-state index in [2.05, 4.69) is 37.5 Å². The topological polar surface area (TPSA) is 12.0 Å². The maximum absolute atomic E-state index is 3.89. The number of nitrogens with one attached hydrogen (secondary N) is 1. The second kappa shape index (κ2) is 4.83. The van der Waals surface area contributed by atoms with Crippen LogP contribution in [0.15, 0.2) is 11.4 Å². The van der Waals surface area contributed by atoms with Crippen LogP contribution in [0.2, 0.25) is 0 Å². The second-order valence-electron chi connectivity index (χ2n) is 8.62. The Kier molecular flexibility index (Phi) is 3.28. The normalized spacial score (nSPS) is 42.4. The van der Waals surface area contributed by atoms with Gasteiger partial charge < -0.3 is 5.32 Å². The Hall–Kier alpha value is -0.340. The number of hydrogen-bond acceptors (Lipinski definition) is 2. The van der Waals surface area contributed by atoms with Gasteiger partial charge in [0, 0.05) is 10.9 Å². The lowest BCUT2D eigenvalue weighted by atomic mass is 9.43. The van der Waals surface area contributed by atoms with Crippen LogP contribution in [0.4, 0.5) is 0 Å². The van der Waals surface area contributed by atoms with E-state index in [0.29, 0.717) is 16.9 Å². The van der Waals surface area contributed by atoms with Gasteiger partial charge in [-0.15, -0.1) is 11.3 Å². The van der Waals surface area contributed by atoms with Crippen LogP contribution in [0.5, 0.6) is 0 Å². The van der Waals surface area contributed by atoms with E-state index in [1.165, 1.54) is 43.4 Å². The van der Waals surface area contributed by atoms with E-state index in [0.717, 1.165) is 18.4 Å². The van der Waals surface area contributed by atoms with Crippen LogP contribution in [0.25, 0.3) is 0 Å². The molecular formula is C19H29NS. The summed E-state index contributed by atoms with van der Waals surface area (Å²) in [6.45, 7) is 8.20. The first kappa shape index (κ1) is 14.3. The lowest BCUT2D eigenvalue weighted by molar-refractivity contribution is -0.119. The zero-order valence-corrected chi connectivity index (χ0v) is 14.6. The lowest BCUT2D eigenvalue weighted by Gasteiger charge is -2.63. The number of aryl methyl sites for hydroxylation is 1. The van der Waals surface area contributed by atoms with Crippen molar-refractivity contribution in [3.8, 4) is 0 Å². The van der Waals surface area contributed by atoms with Crippen molar-refractivity contribution in [1.29, 1.82) is 0 Å². The summed E-state index contributed by atoms with van der Waals surface area (Å²) in [5.74, 6) is 2.02. The molecular weight excluding hydrogens is 274 g/mol. The zero-order valence-electron chi connectivity index (χ0n) is 13.7. The van der Waals surface area contributed by atoms with Gasteiger partial charge in [0.2, 0.25) is 0 Å². The largest absolute Gasteiger partial charge is 0.310 e. The van der Waals surface area contributed by atoms with Gasteiger partial charge >= 0.3 is 0 Å². The monoisotopic (exact) mass is 303 g/mol. The molecule has 21 heavy (non-hydrogen) atoms. The minimum absolute atomic E-state index is 0.544. The molecule has 2 heteroatoms. The molecule has 1 heterocycles. The molecule has 116 valence electrons. The van der Waals surface area contributed by atoms with Crippen molar-refractivity contribution < 1.29 is 0 Å². The summed E-state index contributed by atoms with van der Waals surface area (Å²) in [4.78, 5) is 1.46. The third-order valence-corrected chi connectivity index (χ3v) is 7.38. The smallest absolute Gasteiger partial charge is 0.0385 e. The minimum atomic E-state index is 0.544. The van der Waals surface area contributed by atoms with Crippen molar-refractivity contribution >= 4 is 11.3 Å². The van der Waals surface area contributed by atoms with Gasteiger partial charge in [-0.25, -0.2) is 0 Å². The molecule has 0 aromatic carbocycles. The molecule has 0 aliphatic heterocycles. The van der Waals surface area contributed by atoms with Crippen molar-refractivity contribution in [1.82, 2.24) is 5.32 Å². The Balaban J connectivity index is 1.71. The molecule has 1 aromatic heterocycles. The van der Waals surface area contributed by atoms with Crippen molar-refractivity contribution in [2.75, 3.05) is 6.54 Å². The van der Waals surface area contributed by atoms with Crippen molar-refractivity contribution in [2.45, 2.75) is 65.3 Å². The van der Waals surface area contributed by atoms with Crippen LogP contribution in [0.3, 0.4) is 0 Å². The highest BCUT2D eigenvalue weighted by Crippen LogP contribution is 2.68. The van der Waals surface area contributed by atoms with E-state index in [1.54, 1.807) is 5.56 Å². The average Bonchev–Trinajstić information content (AvgIpc) is 2.79. The first-order valence-electron chi connectivity index (χ1n) is 8.80. The van der Waals surface area contributed by atoms with E-state index >= 15 is 0 Å². The van der Waals surface area contributed by atoms with Gasteiger partial charge in [0.05, 0.1) is 0 Å². The number of hydrogen-bond donors (Lipinski definition) is 1. The molecule has 1 N–H and O–H groups in total. The Morgan fingerprint density at radius 1 is 1.29 bits per heavy atom. The standard InChI is InChI=1S/C19H29NS/c1-4-20-17(16-5-13(2)21-11-16)19-9-14-6-15(10-19)8-18(3,7-14)12-19/h5,11,14-15,17,20H,4,6-10,12H2,1-3H3. The van der Waals surface area contributed by atoms with Crippen LogP contribution < -0.4 is 5.32 Å². The molecule has 0 saturated heterocycles. The predicted molar refractivity (Wildman–Crippen MR) is 90.7 cm³/mol. The summed E-state index contributed by atoms with van der Waals surface area (Å²) in [5.41, 5.74) is 2.76. The zero-order chi connectivity index (χ0) is 14.7. The van der Waals surface area contributed by atoms with Crippen molar-refractivity contribution in [2.24, 2.45) is 22.7 Å². The molecule has 0 radical (unpaired) electrons. The van der Waals surface area contributed by atoms with Crippen molar-refractivity contribution in [3.05, 3.63) is 21.9 Å². The minimum Gasteiger partial charge on any atom is -0.310 e. The maximum Gasteiger partial charge on any atom is 0.0385 e. The molecule has 1 aromatic rings. The number of thiophene rings is 1. The Morgan fingerprint density at radius 3 is 2.52 bits per heavy atom. The van der Waals surface area contributed by atoms with E-state index in [1.807, 2.05) is 11.3 Å². The van der Waals surface area contributed by atoms with Gasteiger partial charge in [0.15, 0.2) is 0 Å². The summed E-state index contributed by atoms with van der Waals surface area (Å²) in [5, 5.41) is 6.31. The van der Waals surface area contributed by atoms with Gasteiger partial charge in [0.25, 0.3) is 0 Å². The number of rotatable bonds is 4. The van der Waals surface area contributed by atoms with E-state index in [-0.39, 0.29) is 0 Å². The molecule has 4 aliphatic carbocycles. The van der Waals surface area contributed by atoms with Crippen LogP contribution >= 0.6 is 11.3 Å². The summed E-state index contributed by atoms with van der Waals surface area (Å²) in [6, 6.07) is 3.04. The highest BCUT2D eigenvalue weighted by atomic mass is 32.1. The summed E-state index contributed by atoms with van der Waals surface area (Å²) >= 11 is 1.92. The molecule has 4 bridgehead atoms. The molecule has 0 amide bonds. The molecule has 3 unspecified atom stereocenters. The molecule has 0 spiro atoms. The van der Waals surface area contributed by atoms with Gasteiger partial charge in [-0.2, -0.15) is 0 Å². The SMILES string of the molecule is CCNC(c1csc(C)c1)C12CC3CC(CC(C)(C3)C1)C2. The van der Waals surface area contributed by atoms with E-state index < -0.39 is 0 Å². The molecule has 4 fully saturated rings.